The van der Waals surface area contributed by atoms with E-state index in [4.69, 9.17) is 10.5 Å². The number of hydrogen-bond acceptors (Lipinski definition) is 6. The molecule has 2 aromatic heterocycles. The number of hydrogen-bond donors (Lipinski definition) is 3. The first-order chi connectivity index (χ1) is 19.0. The van der Waals surface area contributed by atoms with Crippen molar-refractivity contribution in [2.24, 2.45) is 11.7 Å². The van der Waals surface area contributed by atoms with E-state index in [-0.39, 0.29) is 34.5 Å². The van der Waals surface area contributed by atoms with E-state index in [0.29, 0.717) is 11.6 Å². The number of aromatic nitrogens is 2. The van der Waals surface area contributed by atoms with E-state index in [1.807, 2.05) is 6.07 Å². The van der Waals surface area contributed by atoms with Gasteiger partial charge in [0.2, 0.25) is 0 Å². The first-order valence-corrected chi connectivity index (χ1v) is 13.2. The van der Waals surface area contributed by atoms with Crippen LogP contribution in [0.3, 0.4) is 0 Å². The van der Waals surface area contributed by atoms with Crippen molar-refractivity contribution in [2.45, 2.75) is 63.8 Å². The lowest BCUT2D eigenvalue weighted by atomic mass is 9.75. The Morgan fingerprint density at radius 3 is 2.58 bits per heavy atom. The summed E-state index contributed by atoms with van der Waals surface area (Å²) in [6.07, 6.45) is 6.96. The van der Waals surface area contributed by atoms with Crippen LogP contribution in [0.1, 0.15) is 74.0 Å². The Kier molecular flexibility index (Phi) is 8.48. The van der Waals surface area contributed by atoms with Crippen LogP contribution in [0.5, 0.6) is 5.75 Å². The monoisotopic (exact) mass is 552 g/mol. The molecule has 0 spiro atoms. The van der Waals surface area contributed by atoms with Crippen LogP contribution < -0.4 is 15.8 Å². The van der Waals surface area contributed by atoms with Crippen LogP contribution in [-0.4, -0.2) is 40.1 Å². The third kappa shape index (κ3) is 5.82. The minimum absolute atomic E-state index is 0.0686. The topological polar surface area (TPSA) is 127 Å². The summed E-state index contributed by atoms with van der Waals surface area (Å²) in [6, 6.07) is 6.52. The van der Waals surface area contributed by atoms with Crippen molar-refractivity contribution < 1.29 is 28.2 Å². The second-order valence-electron chi connectivity index (χ2n) is 10.8. The second-order valence-corrected chi connectivity index (χ2v) is 10.8. The minimum atomic E-state index is -1.43. The summed E-state index contributed by atoms with van der Waals surface area (Å²) < 4.78 is 35.7. The molecule has 0 radical (unpaired) electrons. The molecule has 3 unspecified atom stereocenters. The summed E-state index contributed by atoms with van der Waals surface area (Å²) in [5, 5.41) is 12.4. The number of carboxylic acid groups (broad SMARTS) is 1. The highest BCUT2D eigenvalue weighted by molar-refractivity contribution is 6.03. The third-order valence-corrected chi connectivity index (χ3v) is 7.81. The number of nitrogens with zero attached hydrogens (tertiary/aromatic N) is 2. The molecule has 3 atom stereocenters. The quantitative estimate of drug-likeness (QED) is 0.329. The van der Waals surface area contributed by atoms with E-state index >= 15 is 4.39 Å². The molecule has 0 bridgehead atoms. The maximum Gasteiger partial charge on any atom is 0.313 e. The van der Waals surface area contributed by atoms with E-state index in [2.05, 4.69) is 22.2 Å². The molecule has 0 aliphatic heterocycles. The highest BCUT2D eigenvalue weighted by Gasteiger charge is 2.33. The van der Waals surface area contributed by atoms with Crippen molar-refractivity contribution in [3.63, 3.8) is 0 Å². The molecule has 0 saturated heterocycles. The molecule has 4 N–H and O–H groups in total. The van der Waals surface area contributed by atoms with Crippen molar-refractivity contribution in [2.75, 3.05) is 12.4 Å². The molecule has 1 fully saturated rings. The molecule has 1 aliphatic carbocycles. The first-order valence-electron chi connectivity index (χ1n) is 13.2. The number of benzene rings is 1. The lowest BCUT2D eigenvalue weighted by Crippen LogP contribution is -2.32. The number of carbonyl (C=O) groups is 2. The zero-order valence-electron chi connectivity index (χ0n) is 23.0. The molecule has 212 valence electrons. The number of nitrogens with one attached hydrogen (secondary N) is 1. The number of nitrogens with two attached hydrogens (primary N) is 1. The van der Waals surface area contributed by atoms with Crippen LogP contribution in [-0.2, 0) is 10.2 Å². The molecule has 1 amide bonds. The van der Waals surface area contributed by atoms with Crippen LogP contribution in [0.25, 0.3) is 11.3 Å². The average molecular weight is 553 g/mol. The van der Waals surface area contributed by atoms with Gasteiger partial charge in [-0.15, -0.1) is 0 Å². The zero-order chi connectivity index (χ0) is 29.2. The lowest BCUT2D eigenvalue weighted by Gasteiger charge is -2.33. The Hall–Kier alpha value is -3.92. The minimum Gasteiger partial charge on any atom is -0.496 e. The Morgan fingerprint density at radius 1 is 1.15 bits per heavy atom. The number of amides is 1. The third-order valence-electron chi connectivity index (χ3n) is 7.81. The fraction of sp³-hybridized carbons (Fsp3) is 0.400. The summed E-state index contributed by atoms with van der Waals surface area (Å²) in [4.78, 5) is 33.3. The fourth-order valence-corrected chi connectivity index (χ4v) is 5.32. The zero-order valence-corrected chi connectivity index (χ0v) is 23.0. The van der Waals surface area contributed by atoms with E-state index in [1.165, 1.54) is 33.1 Å². The molecule has 3 aromatic rings. The lowest BCUT2D eigenvalue weighted by molar-refractivity contribution is -0.142. The molecule has 1 aromatic carbocycles. The molecule has 1 saturated carbocycles. The van der Waals surface area contributed by atoms with Crippen LogP contribution >= 0.6 is 0 Å². The highest BCUT2D eigenvalue weighted by atomic mass is 19.1. The van der Waals surface area contributed by atoms with Gasteiger partial charge in [0.15, 0.2) is 0 Å². The second kappa shape index (κ2) is 11.7. The average Bonchev–Trinajstić information content (AvgIpc) is 2.92. The fourth-order valence-electron chi connectivity index (χ4n) is 5.32. The number of methoxy groups -OCH3 is 1. The largest absolute Gasteiger partial charge is 0.496 e. The predicted molar refractivity (Wildman–Crippen MR) is 147 cm³/mol. The molecule has 40 heavy (non-hydrogen) atoms. The SMILES string of the molecule is CCC1CC(N)CC(c2ccncc2NC(=O)c2ccc(F)c(-c3c(F)cc(C(C)(C)C(=O)O)cc3OC)n2)C1. The summed E-state index contributed by atoms with van der Waals surface area (Å²) in [7, 11) is 1.26. The van der Waals surface area contributed by atoms with Crippen molar-refractivity contribution in [3.8, 4) is 17.0 Å². The maximum atomic E-state index is 15.4. The number of pyridine rings is 2. The van der Waals surface area contributed by atoms with E-state index in [9.17, 15) is 19.1 Å². The molecule has 4 rings (SSSR count). The Balaban J connectivity index is 1.68. The summed E-state index contributed by atoms with van der Waals surface area (Å²) in [5.41, 5.74) is 5.56. The van der Waals surface area contributed by atoms with Gasteiger partial charge in [0.05, 0.1) is 30.0 Å². The van der Waals surface area contributed by atoms with Gasteiger partial charge >= 0.3 is 5.97 Å². The van der Waals surface area contributed by atoms with Gasteiger partial charge in [-0.25, -0.2) is 13.8 Å². The summed E-state index contributed by atoms with van der Waals surface area (Å²) in [6.45, 7) is 4.98. The Labute approximate surface area is 232 Å². The van der Waals surface area contributed by atoms with E-state index in [1.54, 1.807) is 12.4 Å². The first kappa shape index (κ1) is 29.1. The van der Waals surface area contributed by atoms with Gasteiger partial charge < -0.3 is 20.9 Å². The van der Waals surface area contributed by atoms with Gasteiger partial charge in [-0.3, -0.25) is 14.6 Å². The molecule has 2 heterocycles. The molecular formula is C30H34F2N4O4. The number of halogens is 2. The van der Waals surface area contributed by atoms with Crippen molar-refractivity contribution >= 4 is 17.6 Å². The highest BCUT2D eigenvalue weighted by Crippen LogP contribution is 2.40. The van der Waals surface area contributed by atoms with E-state index < -0.39 is 34.6 Å². The van der Waals surface area contributed by atoms with Gasteiger partial charge in [-0.05, 0) is 86.4 Å². The molecule has 8 nitrogen and oxygen atoms in total. The van der Waals surface area contributed by atoms with Gasteiger partial charge in [0.25, 0.3) is 5.91 Å². The molecule has 1 aliphatic rings. The van der Waals surface area contributed by atoms with Crippen LogP contribution in [0.4, 0.5) is 14.5 Å². The van der Waals surface area contributed by atoms with E-state index in [0.717, 1.165) is 43.4 Å². The van der Waals surface area contributed by atoms with Crippen LogP contribution in [0.15, 0.2) is 42.7 Å². The van der Waals surface area contributed by atoms with Crippen molar-refractivity contribution in [1.82, 2.24) is 9.97 Å². The van der Waals surface area contributed by atoms with Gasteiger partial charge in [0.1, 0.15) is 28.8 Å². The number of anilines is 1. The van der Waals surface area contributed by atoms with Crippen LogP contribution in [0.2, 0.25) is 0 Å². The Morgan fingerprint density at radius 2 is 1.90 bits per heavy atom. The normalized spacial score (nSPS) is 19.2. The summed E-state index contributed by atoms with van der Waals surface area (Å²) in [5.74, 6) is -3.06. The summed E-state index contributed by atoms with van der Waals surface area (Å²) >= 11 is 0. The van der Waals surface area contributed by atoms with Gasteiger partial charge in [-0.1, -0.05) is 13.3 Å². The maximum absolute atomic E-state index is 15.4. The van der Waals surface area contributed by atoms with Crippen molar-refractivity contribution in [1.29, 1.82) is 0 Å². The van der Waals surface area contributed by atoms with Gasteiger partial charge in [0, 0.05) is 12.2 Å². The van der Waals surface area contributed by atoms with Gasteiger partial charge in [-0.2, -0.15) is 0 Å². The number of carbonyl (C=O) groups excluding carboxylic acids is 1. The predicted octanol–water partition coefficient (Wildman–Crippen LogP) is 5.67. The number of ether oxygens (including phenoxy) is 1. The number of rotatable bonds is 8. The smallest absolute Gasteiger partial charge is 0.313 e. The number of aliphatic carboxylic acids is 1. The molecule has 10 heteroatoms. The molecular weight excluding hydrogens is 518 g/mol. The van der Waals surface area contributed by atoms with Crippen LogP contribution in [0, 0.1) is 17.6 Å². The number of carboxylic acids is 1. The Bertz CT molecular complexity index is 1430. The van der Waals surface area contributed by atoms with Crippen molar-refractivity contribution in [3.05, 3.63) is 71.2 Å². The standard InChI is InChI=1S/C30H34F2N4O4/c1-5-16-10-17(12-19(33)11-16)20-8-9-34-15-24(20)36-28(37)23-7-6-21(31)27(35-23)26-22(32)13-18(14-25(26)40-4)30(2,3)29(38)39/h6-9,13-17,19H,5,10-12,33H2,1-4H3,(H,36,37)(H,38,39).